The minimum absolute atomic E-state index is 0.0964. The summed E-state index contributed by atoms with van der Waals surface area (Å²) in [6.07, 6.45) is -23.0. The number of aromatic hydroxyl groups is 1. The van der Waals surface area contributed by atoms with Gasteiger partial charge in [0.1, 0.15) is 79.9 Å². The Bertz CT molecular complexity index is 1300. The van der Waals surface area contributed by atoms with E-state index in [2.05, 4.69) is 0 Å². The fourth-order valence-electron chi connectivity index (χ4n) is 5.60. The van der Waals surface area contributed by atoms with Crippen LogP contribution in [0.5, 0.6) is 11.5 Å². The molecule has 10 N–H and O–H groups in total. The zero-order valence-corrected chi connectivity index (χ0v) is 26.5. The minimum atomic E-state index is -1.82. The number of ether oxygens (including phenoxy) is 9. The highest BCUT2D eigenvalue weighted by Crippen LogP contribution is 2.32. The highest BCUT2D eigenvalue weighted by atomic mass is 16.8. The first kappa shape index (κ1) is 38.6. The Morgan fingerprint density at radius 1 is 0.760 bits per heavy atom. The fraction of sp³-hybridized carbons (Fsp3) is 0.700. The number of methoxy groups -OCH3 is 1. The second-order valence-electron chi connectivity index (χ2n) is 12.0. The molecule has 0 aromatic heterocycles. The molecule has 4 heterocycles. The third kappa shape index (κ3) is 8.70. The van der Waals surface area contributed by atoms with Gasteiger partial charge in [-0.2, -0.15) is 0 Å². The second-order valence-corrected chi connectivity index (χ2v) is 12.0. The summed E-state index contributed by atoms with van der Waals surface area (Å²) < 4.78 is 48.9. The summed E-state index contributed by atoms with van der Waals surface area (Å²) in [6, 6.07) is 4.37. The van der Waals surface area contributed by atoms with Crippen LogP contribution < -0.4 is 4.74 Å². The van der Waals surface area contributed by atoms with E-state index >= 15 is 0 Å². The molecule has 1 aromatic carbocycles. The van der Waals surface area contributed by atoms with E-state index in [1.54, 1.807) is 0 Å². The van der Waals surface area contributed by atoms with Crippen LogP contribution in [-0.2, 0) is 42.7 Å². The quantitative estimate of drug-likeness (QED) is 0.0754. The number of rotatable bonds is 11. The van der Waals surface area contributed by atoms with Crippen LogP contribution in [0.1, 0.15) is 5.56 Å². The zero-order valence-electron chi connectivity index (χ0n) is 26.5. The molecule has 4 fully saturated rings. The Morgan fingerprint density at radius 2 is 1.42 bits per heavy atom. The Kier molecular flexibility index (Phi) is 13.0. The average Bonchev–Trinajstić information content (AvgIpc) is 3.37. The van der Waals surface area contributed by atoms with E-state index in [0.717, 1.165) is 6.08 Å². The predicted octanol–water partition coefficient (Wildman–Crippen LogP) is -5.21. The predicted molar refractivity (Wildman–Crippen MR) is 157 cm³/mol. The van der Waals surface area contributed by atoms with Gasteiger partial charge in [0.05, 0.1) is 26.9 Å². The normalized spacial score (nSPS) is 42.4. The van der Waals surface area contributed by atoms with Crippen molar-refractivity contribution in [2.24, 2.45) is 0 Å². The minimum Gasteiger partial charge on any atom is -0.504 e. The lowest BCUT2D eigenvalue weighted by Gasteiger charge is -2.45. The van der Waals surface area contributed by atoms with E-state index in [0.29, 0.717) is 5.56 Å². The Hall–Kier alpha value is -2.61. The van der Waals surface area contributed by atoms with Gasteiger partial charge in [-0.3, -0.25) is 0 Å². The van der Waals surface area contributed by atoms with Gasteiger partial charge in [0.15, 0.2) is 36.7 Å². The van der Waals surface area contributed by atoms with Gasteiger partial charge in [0.2, 0.25) is 0 Å². The number of phenolic OH excluding ortho intramolecular Hbond substituents is 1. The number of benzene rings is 1. The van der Waals surface area contributed by atoms with Crippen molar-refractivity contribution in [2.45, 2.75) is 98.4 Å². The molecule has 20 nitrogen and oxygen atoms in total. The molecule has 4 aliphatic rings. The van der Waals surface area contributed by atoms with Gasteiger partial charge in [-0.25, -0.2) is 4.79 Å². The number of carbonyl (C=O) groups excluding carboxylic acids is 1. The van der Waals surface area contributed by atoms with Gasteiger partial charge in [0, 0.05) is 6.08 Å². The van der Waals surface area contributed by atoms with Crippen LogP contribution in [-0.4, -0.2) is 189 Å². The van der Waals surface area contributed by atoms with Crippen LogP contribution in [0.15, 0.2) is 24.3 Å². The molecule has 4 saturated heterocycles. The van der Waals surface area contributed by atoms with E-state index in [9.17, 15) is 55.9 Å². The lowest BCUT2D eigenvalue weighted by Crippen LogP contribution is -2.62. The largest absolute Gasteiger partial charge is 0.504 e. The zero-order chi connectivity index (χ0) is 36.3. The van der Waals surface area contributed by atoms with Crippen LogP contribution in [0.2, 0.25) is 0 Å². The van der Waals surface area contributed by atoms with Crippen molar-refractivity contribution in [3.05, 3.63) is 29.8 Å². The Labute approximate surface area is 284 Å². The average molecular weight is 723 g/mol. The van der Waals surface area contributed by atoms with Crippen LogP contribution in [0, 0.1) is 0 Å². The molecule has 50 heavy (non-hydrogen) atoms. The monoisotopic (exact) mass is 722 g/mol. The highest BCUT2D eigenvalue weighted by Gasteiger charge is 2.52. The first-order valence-electron chi connectivity index (χ1n) is 15.6. The Morgan fingerprint density at radius 3 is 2.16 bits per heavy atom. The van der Waals surface area contributed by atoms with Crippen LogP contribution in [0.3, 0.4) is 0 Å². The van der Waals surface area contributed by atoms with Crippen molar-refractivity contribution < 1.29 is 98.5 Å². The molecule has 5 rings (SSSR count). The molecule has 1 unspecified atom stereocenters. The standard InChI is InChI=1S/C30H42O20/c1-42-14-6-11(2-4-12(14)31)3-5-18(33)43-8-15-21(36)24(39)30(48-15)50-26-17(49-28-23(38)19(34)13(32)7-45-28)10-46-29(25(26)40)47-16-9-44-27(41)22(37)20(16)35/h2-6,13,15-17,19-32,34-41H,7-10H2,1H3/b5-3+/t13-,15+,16-,17-,19+,20+,21+,22-,23-,24-,25-,26+,27?,28+,29+,30+/m1/s1. The number of hydrogen-bond donors (Lipinski definition) is 10. The van der Waals surface area contributed by atoms with Gasteiger partial charge in [-0.15, -0.1) is 0 Å². The van der Waals surface area contributed by atoms with Gasteiger partial charge in [-0.1, -0.05) is 6.07 Å². The van der Waals surface area contributed by atoms with E-state index in [-0.39, 0.29) is 11.5 Å². The maximum Gasteiger partial charge on any atom is 0.330 e. The van der Waals surface area contributed by atoms with Crippen molar-refractivity contribution in [1.29, 1.82) is 0 Å². The molecular weight excluding hydrogens is 680 g/mol. The van der Waals surface area contributed by atoms with Crippen LogP contribution in [0.25, 0.3) is 6.08 Å². The van der Waals surface area contributed by atoms with Crippen molar-refractivity contribution in [2.75, 3.05) is 33.5 Å². The van der Waals surface area contributed by atoms with Crippen molar-refractivity contribution in [3.63, 3.8) is 0 Å². The summed E-state index contributed by atoms with van der Waals surface area (Å²) in [7, 11) is 1.36. The summed E-state index contributed by atoms with van der Waals surface area (Å²) in [5.74, 6) is -0.757. The number of esters is 1. The summed E-state index contributed by atoms with van der Waals surface area (Å²) in [4.78, 5) is 12.4. The first-order chi connectivity index (χ1) is 23.8. The van der Waals surface area contributed by atoms with Crippen molar-refractivity contribution >= 4 is 12.0 Å². The smallest absolute Gasteiger partial charge is 0.330 e. The maximum absolute atomic E-state index is 12.4. The number of hydrogen-bond acceptors (Lipinski definition) is 20. The van der Waals surface area contributed by atoms with E-state index < -0.39 is 131 Å². The lowest BCUT2D eigenvalue weighted by atomic mass is 10.0. The number of carbonyl (C=O) groups is 1. The molecule has 16 atom stereocenters. The summed E-state index contributed by atoms with van der Waals surface area (Å²) in [6.45, 7) is -1.83. The summed E-state index contributed by atoms with van der Waals surface area (Å²) in [5.41, 5.74) is 0.503. The molecule has 0 amide bonds. The molecule has 0 saturated carbocycles. The van der Waals surface area contributed by atoms with Gasteiger partial charge >= 0.3 is 5.97 Å². The highest BCUT2D eigenvalue weighted by molar-refractivity contribution is 5.87. The molecule has 4 aliphatic heterocycles. The molecular formula is C30H42O20. The SMILES string of the molecule is COc1cc(/C=C/C(=O)OC[C@@H]2O[C@@H](O[C@@H]3[C@@H](O)[C@H](O[C@@H]4COC(O)[C@H](O)[C@H]4O)OC[C@H]3O[C@@H]3OC[C@@H](O)[C@H](O)[C@H]3O)[C@H](O)[C@H]2O)ccc1O. The molecule has 0 radical (unpaired) electrons. The molecule has 1 aromatic rings. The number of aliphatic hydroxyl groups excluding tert-OH is 9. The van der Waals surface area contributed by atoms with E-state index in [4.69, 9.17) is 42.6 Å². The Balaban J connectivity index is 1.24. The topological polar surface area (TPSA) is 302 Å². The molecule has 20 heteroatoms. The lowest BCUT2D eigenvalue weighted by molar-refractivity contribution is -0.362. The number of aliphatic hydroxyl groups is 9. The third-order valence-electron chi connectivity index (χ3n) is 8.55. The fourth-order valence-corrected chi connectivity index (χ4v) is 5.60. The first-order valence-corrected chi connectivity index (χ1v) is 15.6. The molecule has 0 bridgehead atoms. The summed E-state index contributed by atoms with van der Waals surface area (Å²) >= 11 is 0. The van der Waals surface area contributed by atoms with Crippen molar-refractivity contribution in [3.8, 4) is 11.5 Å². The van der Waals surface area contributed by atoms with Crippen molar-refractivity contribution in [1.82, 2.24) is 0 Å². The number of phenols is 1. The third-order valence-corrected chi connectivity index (χ3v) is 8.55. The van der Waals surface area contributed by atoms with E-state index in [1.807, 2.05) is 0 Å². The van der Waals surface area contributed by atoms with Crippen LogP contribution in [0.4, 0.5) is 0 Å². The molecule has 0 spiro atoms. The molecule has 282 valence electrons. The summed E-state index contributed by atoms with van der Waals surface area (Å²) in [5, 5.41) is 103. The van der Waals surface area contributed by atoms with Gasteiger partial charge < -0.3 is 93.7 Å². The second kappa shape index (κ2) is 16.8. The maximum atomic E-state index is 12.4. The van der Waals surface area contributed by atoms with Gasteiger partial charge in [-0.05, 0) is 23.8 Å². The molecule has 0 aliphatic carbocycles. The van der Waals surface area contributed by atoms with E-state index in [1.165, 1.54) is 31.4 Å². The van der Waals surface area contributed by atoms with Gasteiger partial charge in [0.25, 0.3) is 0 Å². The van der Waals surface area contributed by atoms with Crippen LogP contribution >= 0.6 is 0 Å².